The van der Waals surface area contributed by atoms with E-state index in [1.165, 1.54) is 43.6 Å². The lowest BCUT2D eigenvalue weighted by Gasteiger charge is -2.30. The standard InChI is InChI=1S/C27H36N2O5S.C24H34N2O2/c1-4-29(18-19-34-20(2)3)17-9-12-22-11-6-8-14-25(22)35(32,33)28-24-16-15-21-10-5-7-13-23(21)26(24)27(30)31;1-17(2)28-23(22(25)15-18-9-4-3-5-10-18)24(27)26-16-20-13-8-12-19-11-6-7-14-21(19)20/h6,8-9,11-12,14-16,20,28H,4-5,7,10,13,17-19H2,1-3H3,(H,30,31);6-8,11-14,17-18,22-23H,3-5,9-10,15-16,25H2,1-2H3,(H,26,27)/b12-9-;/t;22-,23?/m.1/s1. The van der Waals surface area contributed by atoms with Crippen molar-refractivity contribution in [3.8, 4) is 0 Å². The summed E-state index contributed by atoms with van der Waals surface area (Å²) in [5.41, 5.74) is 10.0. The molecule has 4 aromatic rings. The van der Waals surface area contributed by atoms with Gasteiger partial charge in [-0.15, -0.1) is 0 Å². The van der Waals surface area contributed by atoms with Crippen LogP contribution in [-0.2, 0) is 43.7 Å². The number of ether oxygens (including phenoxy) is 2. The molecule has 342 valence electrons. The summed E-state index contributed by atoms with van der Waals surface area (Å²) >= 11 is 0. The highest BCUT2D eigenvalue weighted by Crippen LogP contribution is 2.32. The molecule has 1 amide bonds. The largest absolute Gasteiger partial charge is 0.478 e. The van der Waals surface area contributed by atoms with Gasteiger partial charge in [-0.2, -0.15) is 0 Å². The number of aryl methyl sites for hydroxylation is 1. The average Bonchev–Trinajstić information content (AvgIpc) is 3.27. The van der Waals surface area contributed by atoms with Crippen LogP contribution in [0.25, 0.3) is 16.8 Å². The van der Waals surface area contributed by atoms with E-state index in [2.05, 4.69) is 46.1 Å². The normalized spacial score (nSPS) is 15.6. The van der Waals surface area contributed by atoms with Gasteiger partial charge in [0.25, 0.3) is 15.9 Å². The number of anilines is 1. The summed E-state index contributed by atoms with van der Waals surface area (Å²) in [6.07, 6.45) is 13.8. The number of sulfonamides is 1. The van der Waals surface area contributed by atoms with Gasteiger partial charge in [-0.3, -0.25) is 14.4 Å². The number of carbonyl (C=O) groups excluding carboxylic acids is 1. The highest BCUT2D eigenvalue weighted by Gasteiger charge is 2.30. The van der Waals surface area contributed by atoms with Crippen LogP contribution in [0.2, 0.25) is 0 Å². The van der Waals surface area contributed by atoms with Crippen molar-refractivity contribution in [2.24, 2.45) is 11.7 Å². The highest BCUT2D eigenvalue weighted by atomic mass is 32.2. The summed E-state index contributed by atoms with van der Waals surface area (Å²) in [6, 6.07) is 24.3. The smallest absolute Gasteiger partial charge is 0.338 e. The number of rotatable bonds is 20. The van der Waals surface area contributed by atoms with E-state index in [4.69, 9.17) is 15.2 Å². The number of aromatic carboxylic acids is 1. The molecule has 2 aliphatic rings. The summed E-state index contributed by atoms with van der Waals surface area (Å²) in [5.74, 6) is -0.603. The van der Waals surface area contributed by atoms with Crippen molar-refractivity contribution in [2.75, 3.05) is 31.0 Å². The van der Waals surface area contributed by atoms with Crippen molar-refractivity contribution in [3.05, 3.63) is 113 Å². The minimum absolute atomic E-state index is 0.0364. The Hall–Kier alpha value is -4.59. The first-order chi connectivity index (χ1) is 30.3. The molecular formula is C51H70N4O7S. The molecule has 0 aliphatic heterocycles. The van der Waals surface area contributed by atoms with Crippen LogP contribution in [-0.4, -0.2) is 80.9 Å². The zero-order valence-corrected chi connectivity index (χ0v) is 38.8. The minimum atomic E-state index is -4.00. The van der Waals surface area contributed by atoms with E-state index < -0.39 is 22.1 Å². The van der Waals surface area contributed by atoms with Crippen LogP contribution >= 0.6 is 0 Å². The lowest BCUT2D eigenvalue weighted by molar-refractivity contribution is -0.137. The molecule has 63 heavy (non-hydrogen) atoms. The third kappa shape index (κ3) is 14.7. The van der Waals surface area contributed by atoms with Crippen LogP contribution < -0.4 is 15.8 Å². The van der Waals surface area contributed by atoms with Crippen molar-refractivity contribution in [1.29, 1.82) is 0 Å². The van der Waals surface area contributed by atoms with Gasteiger partial charge in [-0.1, -0.05) is 118 Å². The van der Waals surface area contributed by atoms with Crippen molar-refractivity contribution in [1.82, 2.24) is 10.2 Å². The maximum absolute atomic E-state index is 13.4. The van der Waals surface area contributed by atoms with E-state index in [0.717, 1.165) is 60.8 Å². The van der Waals surface area contributed by atoms with Gasteiger partial charge in [0.05, 0.1) is 35.0 Å². The molecule has 2 aliphatic carbocycles. The van der Waals surface area contributed by atoms with E-state index in [9.17, 15) is 23.1 Å². The Morgan fingerprint density at radius 2 is 1.60 bits per heavy atom. The number of fused-ring (bicyclic) bond motifs is 2. The van der Waals surface area contributed by atoms with Crippen LogP contribution in [0.15, 0.2) is 89.8 Å². The van der Waals surface area contributed by atoms with Crippen molar-refractivity contribution < 1.29 is 32.6 Å². The van der Waals surface area contributed by atoms with Gasteiger partial charge >= 0.3 is 5.97 Å². The first kappa shape index (κ1) is 49.4. The molecule has 6 rings (SSSR count). The second kappa shape index (κ2) is 24.5. The Bertz CT molecular complexity index is 2230. The Kier molecular flexibility index (Phi) is 19.2. The molecule has 5 N–H and O–H groups in total. The quantitative estimate of drug-likeness (QED) is 0.0678. The van der Waals surface area contributed by atoms with Crippen LogP contribution in [0.3, 0.4) is 0 Å². The number of hydrogen-bond acceptors (Lipinski definition) is 8. The number of benzene rings is 4. The van der Waals surface area contributed by atoms with Crippen molar-refractivity contribution >= 4 is 44.4 Å². The predicted molar refractivity (Wildman–Crippen MR) is 255 cm³/mol. The van der Waals surface area contributed by atoms with E-state index in [1.807, 2.05) is 58.0 Å². The molecule has 0 bridgehead atoms. The monoisotopic (exact) mass is 882 g/mol. The average molecular weight is 883 g/mol. The fraction of sp³-hybridized carbons (Fsp3) is 0.490. The highest BCUT2D eigenvalue weighted by molar-refractivity contribution is 7.92. The summed E-state index contributed by atoms with van der Waals surface area (Å²) in [4.78, 5) is 27.3. The summed E-state index contributed by atoms with van der Waals surface area (Å²) < 4.78 is 40.9. The molecule has 0 spiro atoms. The second-order valence-corrected chi connectivity index (χ2v) is 19.0. The van der Waals surface area contributed by atoms with Gasteiger partial charge < -0.3 is 25.6 Å². The molecule has 0 radical (unpaired) electrons. The van der Waals surface area contributed by atoms with E-state index in [0.29, 0.717) is 37.6 Å². The van der Waals surface area contributed by atoms with Gasteiger partial charge in [0.1, 0.15) is 0 Å². The Balaban J connectivity index is 0.000000243. The number of hydrogen-bond donors (Lipinski definition) is 4. The number of carboxylic acid groups (broad SMARTS) is 1. The van der Waals surface area contributed by atoms with Crippen LogP contribution in [0, 0.1) is 5.92 Å². The van der Waals surface area contributed by atoms with Crippen molar-refractivity contribution in [3.63, 3.8) is 0 Å². The molecule has 12 heteroatoms. The zero-order chi connectivity index (χ0) is 45.4. The number of carboxylic acids is 1. The molecule has 11 nitrogen and oxygen atoms in total. The van der Waals surface area contributed by atoms with E-state index in [-0.39, 0.29) is 40.3 Å². The summed E-state index contributed by atoms with van der Waals surface area (Å²) in [7, 11) is -4.00. The number of nitrogens with two attached hydrogens (primary N) is 1. The fourth-order valence-electron chi connectivity index (χ4n) is 8.66. The number of nitrogens with zero attached hydrogens (tertiary/aromatic N) is 1. The molecular weight excluding hydrogens is 813 g/mol. The second-order valence-electron chi connectivity index (χ2n) is 17.4. The number of carbonyl (C=O) groups is 2. The molecule has 1 unspecified atom stereocenters. The first-order valence-electron chi connectivity index (χ1n) is 22.9. The van der Waals surface area contributed by atoms with Crippen molar-refractivity contribution in [2.45, 2.75) is 135 Å². The maximum Gasteiger partial charge on any atom is 0.338 e. The molecule has 1 fully saturated rings. The third-order valence-corrected chi connectivity index (χ3v) is 13.3. The number of likely N-dealkylation sites (N-methyl/N-ethyl adjacent to an activating group) is 1. The topological polar surface area (TPSA) is 160 Å². The Morgan fingerprint density at radius 1 is 0.889 bits per heavy atom. The van der Waals surface area contributed by atoms with Crippen LogP contribution in [0.4, 0.5) is 5.69 Å². The Labute approximate surface area is 375 Å². The van der Waals surface area contributed by atoms with E-state index in [1.54, 1.807) is 30.3 Å². The van der Waals surface area contributed by atoms with Crippen LogP contribution in [0.1, 0.15) is 119 Å². The molecule has 0 heterocycles. The minimum Gasteiger partial charge on any atom is -0.478 e. The van der Waals surface area contributed by atoms with E-state index >= 15 is 0 Å². The summed E-state index contributed by atoms with van der Waals surface area (Å²) in [6.45, 7) is 13.4. The zero-order valence-electron chi connectivity index (χ0n) is 38.0. The molecule has 2 atom stereocenters. The molecule has 1 saturated carbocycles. The summed E-state index contributed by atoms with van der Waals surface area (Å²) in [5, 5.41) is 15.3. The first-order valence-corrected chi connectivity index (χ1v) is 24.4. The SMILES string of the molecule is CC(C)OC(C(=O)NCc1cccc2ccccc12)[C@H](N)CC1CCCCC1.CCN(C/C=C\c1ccccc1S(=O)(=O)Nc1ccc2c(c1C(=O)O)CCCC2)CCOC(C)C. The number of amides is 1. The van der Waals surface area contributed by atoms with Gasteiger partial charge in [0.2, 0.25) is 0 Å². The Morgan fingerprint density at radius 3 is 2.33 bits per heavy atom. The van der Waals surface area contributed by atoms with Crippen LogP contribution in [0.5, 0.6) is 0 Å². The molecule has 4 aromatic carbocycles. The molecule has 0 saturated heterocycles. The predicted octanol–water partition coefficient (Wildman–Crippen LogP) is 9.37. The van der Waals surface area contributed by atoms with Gasteiger partial charge in [-0.05, 0) is 117 Å². The third-order valence-electron chi connectivity index (χ3n) is 11.9. The lowest BCUT2D eigenvalue weighted by Crippen LogP contribution is -2.49. The van der Waals surface area contributed by atoms with Gasteiger partial charge in [0, 0.05) is 25.7 Å². The maximum atomic E-state index is 13.4. The fourth-order valence-corrected chi connectivity index (χ4v) is 9.93. The van der Waals surface area contributed by atoms with Gasteiger partial charge in [-0.25, -0.2) is 13.2 Å². The number of nitrogens with one attached hydrogen (secondary N) is 2. The lowest BCUT2D eigenvalue weighted by atomic mass is 9.84. The van der Waals surface area contributed by atoms with Gasteiger partial charge in [0.15, 0.2) is 6.10 Å². The molecule has 0 aromatic heterocycles.